The third kappa shape index (κ3) is 4.12. The van der Waals surface area contributed by atoms with Crippen molar-refractivity contribution >= 4 is 38.9 Å². The Morgan fingerprint density at radius 2 is 1.48 bits per heavy atom. The van der Waals surface area contributed by atoms with E-state index in [1.165, 1.54) is 16.4 Å². The second-order valence-electron chi connectivity index (χ2n) is 5.30. The van der Waals surface area contributed by atoms with Gasteiger partial charge in [0.05, 0.1) is 17.1 Å². The van der Waals surface area contributed by atoms with Crippen LogP contribution in [0.3, 0.4) is 0 Å². The van der Waals surface area contributed by atoms with Crippen LogP contribution in [-0.2, 0) is 16.6 Å². The molecule has 0 aliphatic rings. The molecule has 1 heterocycles. The molecule has 0 N–H and O–H groups in total. The normalized spacial score (nSPS) is 11.3. The van der Waals surface area contributed by atoms with Crippen LogP contribution in [0.15, 0.2) is 78.0 Å². The van der Waals surface area contributed by atoms with Crippen molar-refractivity contribution in [3.05, 3.63) is 88.7 Å². The van der Waals surface area contributed by atoms with Gasteiger partial charge >= 0.3 is 0 Å². The van der Waals surface area contributed by atoms with Gasteiger partial charge in [-0.25, -0.2) is 8.42 Å². The number of nitrogens with zero attached hydrogens (tertiary/aromatic N) is 2. The van der Waals surface area contributed by atoms with Crippen LogP contribution in [0.1, 0.15) is 5.56 Å². The molecule has 0 unspecified atom stereocenters. The number of rotatable bonds is 5. The van der Waals surface area contributed by atoms with Crippen molar-refractivity contribution in [2.24, 2.45) is 0 Å². The molecule has 2 aromatic carbocycles. The molecule has 0 amide bonds. The number of benzene rings is 2. The lowest BCUT2D eigenvalue weighted by Gasteiger charge is -2.24. The van der Waals surface area contributed by atoms with Crippen molar-refractivity contribution in [3.8, 4) is 0 Å². The zero-order chi connectivity index (χ0) is 17.9. The largest absolute Gasteiger partial charge is 0.264 e. The monoisotopic (exact) mass is 392 g/mol. The summed E-state index contributed by atoms with van der Waals surface area (Å²) in [5, 5.41) is 1.01. The molecule has 0 bridgehead atoms. The summed E-state index contributed by atoms with van der Waals surface area (Å²) >= 11 is 11.8. The summed E-state index contributed by atoms with van der Waals surface area (Å²) in [6.07, 6.45) is 3.28. The molecular weight excluding hydrogens is 379 g/mol. The van der Waals surface area contributed by atoms with Crippen LogP contribution in [0, 0.1) is 0 Å². The Labute approximate surface area is 156 Å². The van der Waals surface area contributed by atoms with Crippen LogP contribution in [0.4, 0.5) is 5.69 Å². The van der Waals surface area contributed by atoms with Crippen LogP contribution < -0.4 is 4.31 Å². The van der Waals surface area contributed by atoms with Gasteiger partial charge in [-0.05, 0) is 60.2 Å². The molecule has 0 spiro atoms. The third-order valence-corrected chi connectivity index (χ3v) is 5.86. The molecule has 4 nitrogen and oxygen atoms in total. The Hall–Kier alpha value is -2.08. The minimum atomic E-state index is -3.78. The topological polar surface area (TPSA) is 50.3 Å². The number of aromatic nitrogens is 1. The molecule has 0 radical (unpaired) electrons. The molecule has 0 aliphatic heterocycles. The maximum Gasteiger partial charge on any atom is 0.264 e. The van der Waals surface area contributed by atoms with E-state index in [2.05, 4.69) is 4.98 Å². The predicted molar refractivity (Wildman–Crippen MR) is 101 cm³/mol. The number of sulfonamides is 1. The fraction of sp³-hybridized carbons (Fsp3) is 0.0556. The number of halogens is 2. The van der Waals surface area contributed by atoms with Gasteiger partial charge in [-0.3, -0.25) is 9.29 Å². The van der Waals surface area contributed by atoms with E-state index in [0.29, 0.717) is 15.7 Å². The van der Waals surface area contributed by atoms with Crippen LogP contribution in [0.25, 0.3) is 0 Å². The quantitative estimate of drug-likeness (QED) is 0.627. The molecule has 0 saturated heterocycles. The highest BCUT2D eigenvalue weighted by molar-refractivity contribution is 7.92. The van der Waals surface area contributed by atoms with Gasteiger partial charge in [0.25, 0.3) is 10.0 Å². The minimum Gasteiger partial charge on any atom is -0.264 e. The SMILES string of the molecule is O=S(=O)(c1ccc(Cl)cc1)N(Cc1cccnc1)c1ccc(Cl)cc1. The number of pyridine rings is 1. The Kier molecular flexibility index (Phi) is 5.27. The van der Waals surface area contributed by atoms with Gasteiger partial charge in [-0.1, -0.05) is 29.3 Å². The fourth-order valence-corrected chi connectivity index (χ4v) is 4.02. The zero-order valence-electron chi connectivity index (χ0n) is 13.0. The molecule has 0 aliphatic carbocycles. The van der Waals surface area contributed by atoms with E-state index < -0.39 is 10.0 Å². The van der Waals surface area contributed by atoms with Gasteiger partial charge in [0.2, 0.25) is 0 Å². The third-order valence-electron chi connectivity index (χ3n) is 3.57. The first-order valence-electron chi connectivity index (χ1n) is 7.39. The van der Waals surface area contributed by atoms with Crippen molar-refractivity contribution in [1.82, 2.24) is 4.98 Å². The van der Waals surface area contributed by atoms with Crippen molar-refractivity contribution in [1.29, 1.82) is 0 Å². The van der Waals surface area contributed by atoms with Crippen molar-refractivity contribution in [2.75, 3.05) is 4.31 Å². The van der Waals surface area contributed by atoms with Gasteiger partial charge in [-0.2, -0.15) is 0 Å². The van der Waals surface area contributed by atoms with Gasteiger partial charge in [0.1, 0.15) is 0 Å². The summed E-state index contributed by atoms with van der Waals surface area (Å²) in [6, 6.07) is 16.3. The molecule has 3 rings (SSSR count). The highest BCUT2D eigenvalue weighted by Gasteiger charge is 2.25. The van der Waals surface area contributed by atoms with E-state index in [0.717, 1.165) is 5.56 Å². The summed E-state index contributed by atoms with van der Waals surface area (Å²) in [5.74, 6) is 0. The lowest BCUT2D eigenvalue weighted by Crippen LogP contribution is -2.30. The second kappa shape index (κ2) is 7.44. The number of hydrogen-bond acceptors (Lipinski definition) is 3. The van der Waals surface area contributed by atoms with Crippen LogP contribution in [0.5, 0.6) is 0 Å². The zero-order valence-corrected chi connectivity index (χ0v) is 15.3. The molecule has 25 heavy (non-hydrogen) atoms. The molecule has 0 fully saturated rings. The fourth-order valence-electron chi connectivity index (χ4n) is 2.31. The highest BCUT2D eigenvalue weighted by atomic mass is 35.5. The van der Waals surface area contributed by atoms with Crippen molar-refractivity contribution in [3.63, 3.8) is 0 Å². The maximum absolute atomic E-state index is 13.2. The van der Waals surface area contributed by atoms with Gasteiger partial charge in [0, 0.05) is 22.4 Å². The lowest BCUT2D eigenvalue weighted by atomic mass is 10.2. The average Bonchev–Trinajstić information content (AvgIpc) is 2.62. The second-order valence-corrected chi connectivity index (χ2v) is 8.04. The van der Waals surface area contributed by atoms with E-state index in [9.17, 15) is 8.42 Å². The van der Waals surface area contributed by atoms with Crippen LogP contribution in [-0.4, -0.2) is 13.4 Å². The Bertz CT molecular complexity index is 945. The Morgan fingerprint density at radius 1 is 0.880 bits per heavy atom. The van der Waals surface area contributed by atoms with Crippen molar-refractivity contribution in [2.45, 2.75) is 11.4 Å². The standard InChI is InChI=1S/C18H14Cl2N2O2S/c19-15-3-7-17(8-4-15)22(13-14-2-1-11-21-12-14)25(23,24)18-9-5-16(20)6-10-18/h1-12H,13H2. The first-order valence-corrected chi connectivity index (χ1v) is 9.59. The van der Waals surface area contributed by atoms with Crippen LogP contribution in [0.2, 0.25) is 10.0 Å². The van der Waals surface area contributed by atoms with E-state index in [1.54, 1.807) is 54.9 Å². The molecule has 3 aromatic rings. The first-order chi connectivity index (χ1) is 12.0. The molecule has 1 aromatic heterocycles. The number of hydrogen-bond donors (Lipinski definition) is 0. The molecule has 0 saturated carbocycles. The first kappa shape index (κ1) is 17.7. The van der Waals surface area contributed by atoms with E-state index in [1.807, 2.05) is 6.07 Å². The molecule has 7 heteroatoms. The molecule has 0 atom stereocenters. The summed E-state index contributed by atoms with van der Waals surface area (Å²) in [4.78, 5) is 4.21. The lowest BCUT2D eigenvalue weighted by molar-refractivity contribution is 0.590. The van der Waals surface area contributed by atoms with Gasteiger partial charge in [-0.15, -0.1) is 0 Å². The summed E-state index contributed by atoms with van der Waals surface area (Å²) in [7, 11) is -3.78. The summed E-state index contributed by atoms with van der Waals surface area (Å²) < 4.78 is 27.6. The molecule has 128 valence electrons. The van der Waals surface area contributed by atoms with Gasteiger partial charge in [0.15, 0.2) is 0 Å². The Balaban J connectivity index is 2.06. The smallest absolute Gasteiger partial charge is 0.264 e. The summed E-state index contributed by atoms with van der Waals surface area (Å²) in [6.45, 7) is 0.153. The minimum absolute atomic E-state index is 0.153. The Morgan fingerprint density at radius 3 is 2.04 bits per heavy atom. The van der Waals surface area contributed by atoms with E-state index in [4.69, 9.17) is 23.2 Å². The van der Waals surface area contributed by atoms with Gasteiger partial charge < -0.3 is 0 Å². The number of anilines is 1. The highest BCUT2D eigenvalue weighted by Crippen LogP contribution is 2.27. The maximum atomic E-state index is 13.2. The van der Waals surface area contributed by atoms with E-state index >= 15 is 0 Å². The summed E-state index contributed by atoms with van der Waals surface area (Å²) in [5.41, 5.74) is 1.29. The van der Waals surface area contributed by atoms with E-state index in [-0.39, 0.29) is 11.4 Å². The molecular formula is C18H14Cl2N2O2S. The average molecular weight is 393 g/mol. The van der Waals surface area contributed by atoms with Crippen LogP contribution >= 0.6 is 23.2 Å². The predicted octanol–water partition coefficient (Wildman–Crippen LogP) is 4.78. The van der Waals surface area contributed by atoms with Crippen molar-refractivity contribution < 1.29 is 8.42 Å².